The summed E-state index contributed by atoms with van der Waals surface area (Å²) >= 11 is 0. The Labute approximate surface area is 136 Å². The molecular weight excluding hydrogens is 320 g/mol. The predicted octanol–water partition coefficient (Wildman–Crippen LogP) is 0.858. The summed E-state index contributed by atoms with van der Waals surface area (Å²) in [6.45, 7) is 2.29. The van der Waals surface area contributed by atoms with Gasteiger partial charge in [-0.05, 0) is 13.0 Å². The van der Waals surface area contributed by atoms with E-state index in [1.54, 1.807) is 6.92 Å². The Bertz CT molecular complexity index is 739. The van der Waals surface area contributed by atoms with Crippen LogP contribution in [0.5, 0.6) is 0 Å². The number of aliphatic hydroxyl groups is 1. The summed E-state index contributed by atoms with van der Waals surface area (Å²) in [5.74, 6) is -1.63. The van der Waals surface area contributed by atoms with Crippen LogP contribution in [0, 0.1) is 11.6 Å². The fourth-order valence-electron chi connectivity index (χ4n) is 2.96. The molecule has 2 aromatic rings. The van der Waals surface area contributed by atoms with E-state index in [0.29, 0.717) is 19.2 Å². The lowest BCUT2D eigenvalue weighted by Gasteiger charge is -2.39. The van der Waals surface area contributed by atoms with Crippen molar-refractivity contribution in [2.24, 2.45) is 0 Å². The SMILES string of the molecule is C[C@@H](N1CCNC1=O)[C@](O)(Cn1cncn1)c1ccc(F)cc1F. The van der Waals surface area contributed by atoms with Crippen LogP contribution in [0.1, 0.15) is 12.5 Å². The maximum Gasteiger partial charge on any atom is 0.317 e. The van der Waals surface area contributed by atoms with Gasteiger partial charge >= 0.3 is 6.03 Å². The Morgan fingerprint density at radius 1 is 1.46 bits per heavy atom. The molecule has 1 fully saturated rings. The van der Waals surface area contributed by atoms with Gasteiger partial charge in [0.05, 0.1) is 12.6 Å². The molecule has 1 saturated heterocycles. The van der Waals surface area contributed by atoms with Gasteiger partial charge in [-0.2, -0.15) is 5.10 Å². The Hall–Kier alpha value is -2.55. The largest absolute Gasteiger partial charge is 0.381 e. The summed E-state index contributed by atoms with van der Waals surface area (Å²) in [5, 5.41) is 17.9. The summed E-state index contributed by atoms with van der Waals surface area (Å²) in [5.41, 5.74) is -1.92. The molecule has 128 valence electrons. The molecule has 0 radical (unpaired) electrons. The third-order valence-corrected chi connectivity index (χ3v) is 4.32. The first kappa shape index (κ1) is 16.3. The summed E-state index contributed by atoms with van der Waals surface area (Å²) in [6.07, 6.45) is 2.66. The van der Waals surface area contributed by atoms with Crippen molar-refractivity contribution < 1.29 is 18.7 Å². The van der Waals surface area contributed by atoms with Crippen molar-refractivity contribution in [2.45, 2.75) is 25.1 Å². The highest BCUT2D eigenvalue weighted by Crippen LogP contribution is 2.33. The fraction of sp³-hybridized carbons (Fsp3) is 0.400. The summed E-state index contributed by atoms with van der Waals surface area (Å²) in [6, 6.07) is 1.85. The van der Waals surface area contributed by atoms with Gasteiger partial charge in [-0.1, -0.05) is 6.07 Å². The number of halogens is 2. The zero-order valence-corrected chi connectivity index (χ0v) is 13.0. The molecule has 1 aliphatic rings. The first-order valence-corrected chi connectivity index (χ1v) is 7.46. The van der Waals surface area contributed by atoms with Crippen LogP contribution in [0.3, 0.4) is 0 Å². The Kier molecular flexibility index (Phi) is 4.18. The van der Waals surface area contributed by atoms with E-state index in [2.05, 4.69) is 15.4 Å². The number of carbonyl (C=O) groups is 1. The normalized spacial score (nSPS) is 18.3. The zero-order valence-electron chi connectivity index (χ0n) is 13.0. The molecule has 7 nitrogen and oxygen atoms in total. The van der Waals surface area contributed by atoms with Gasteiger partial charge in [0.25, 0.3) is 0 Å². The van der Waals surface area contributed by atoms with Crippen molar-refractivity contribution in [3.63, 3.8) is 0 Å². The average molecular weight is 337 g/mol. The van der Waals surface area contributed by atoms with Gasteiger partial charge in [-0.3, -0.25) is 0 Å². The van der Waals surface area contributed by atoms with Crippen LogP contribution in [0.2, 0.25) is 0 Å². The molecule has 0 bridgehead atoms. The van der Waals surface area contributed by atoms with Crippen molar-refractivity contribution in [1.82, 2.24) is 25.0 Å². The number of nitrogens with one attached hydrogen (secondary N) is 1. The molecule has 1 aromatic heterocycles. The lowest BCUT2D eigenvalue weighted by Crippen LogP contribution is -2.53. The lowest BCUT2D eigenvalue weighted by atomic mass is 9.85. The van der Waals surface area contributed by atoms with Crippen molar-refractivity contribution in [3.8, 4) is 0 Å². The van der Waals surface area contributed by atoms with Crippen LogP contribution >= 0.6 is 0 Å². The standard InChI is InChI=1S/C15H17F2N5O2/c1-10(22-5-4-19-14(22)23)15(24,7-21-9-18-8-20-21)12-3-2-11(16)6-13(12)17/h2-3,6,8-10,24H,4-5,7H2,1H3,(H,19,23)/t10-,15-/m1/s1. The predicted molar refractivity (Wildman–Crippen MR) is 79.8 cm³/mol. The molecule has 0 spiro atoms. The molecule has 2 N–H and O–H groups in total. The van der Waals surface area contributed by atoms with E-state index in [-0.39, 0.29) is 18.1 Å². The number of hydrogen-bond donors (Lipinski definition) is 2. The molecule has 24 heavy (non-hydrogen) atoms. The number of carbonyl (C=O) groups excluding carboxylic acids is 1. The van der Waals surface area contributed by atoms with Gasteiger partial charge in [-0.15, -0.1) is 0 Å². The topological polar surface area (TPSA) is 83.3 Å². The van der Waals surface area contributed by atoms with Gasteiger partial charge in [-0.25, -0.2) is 23.2 Å². The molecule has 1 aromatic carbocycles. The molecule has 0 unspecified atom stereocenters. The van der Waals surface area contributed by atoms with Crippen molar-refractivity contribution in [2.75, 3.05) is 13.1 Å². The van der Waals surface area contributed by atoms with E-state index in [1.165, 1.54) is 28.3 Å². The number of aromatic nitrogens is 3. The van der Waals surface area contributed by atoms with Gasteiger partial charge in [0, 0.05) is 24.7 Å². The van der Waals surface area contributed by atoms with Crippen LogP contribution in [-0.2, 0) is 12.1 Å². The average Bonchev–Trinajstić information content (AvgIpc) is 3.17. The minimum absolute atomic E-state index is 0.105. The quantitative estimate of drug-likeness (QED) is 0.848. The number of rotatable bonds is 5. The molecular formula is C15H17F2N5O2. The van der Waals surface area contributed by atoms with Crippen LogP contribution in [0.4, 0.5) is 13.6 Å². The molecule has 2 heterocycles. The van der Waals surface area contributed by atoms with Gasteiger partial charge in [0.2, 0.25) is 0 Å². The summed E-state index contributed by atoms with van der Waals surface area (Å²) < 4.78 is 28.9. The van der Waals surface area contributed by atoms with Crippen LogP contribution in [0.25, 0.3) is 0 Å². The van der Waals surface area contributed by atoms with Gasteiger partial charge in [0.1, 0.15) is 29.9 Å². The molecule has 0 aliphatic carbocycles. The van der Waals surface area contributed by atoms with E-state index in [4.69, 9.17) is 0 Å². The highest BCUT2D eigenvalue weighted by atomic mass is 19.1. The summed E-state index contributed by atoms with van der Waals surface area (Å²) in [4.78, 5) is 17.2. The first-order valence-electron chi connectivity index (χ1n) is 7.46. The smallest absolute Gasteiger partial charge is 0.317 e. The first-order chi connectivity index (χ1) is 11.4. The van der Waals surface area contributed by atoms with Crippen LogP contribution in [-0.4, -0.2) is 49.9 Å². The van der Waals surface area contributed by atoms with Gasteiger partial charge in [0.15, 0.2) is 0 Å². The molecule has 2 atom stereocenters. The minimum atomic E-state index is -1.81. The van der Waals surface area contributed by atoms with Crippen LogP contribution in [0.15, 0.2) is 30.9 Å². The maximum atomic E-state index is 14.4. The van der Waals surface area contributed by atoms with E-state index in [0.717, 1.165) is 6.07 Å². The second kappa shape index (κ2) is 6.16. The van der Waals surface area contributed by atoms with E-state index >= 15 is 0 Å². The number of hydrogen-bond acceptors (Lipinski definition) is 4. The third-order valence-electron chi connectivity index (χ3n) is 4.32. The lowest BCUT2D eigenvalue weighted by molar-refractivity contribution is -0.0476. The Balaban J connectivity index is 2.04. The minimum Gasteiger partial charge on any atom is -0.381 e. The van der Waals surface area contributed by atoms with E-state index < -0.39 is 23.3 Å². The van der Waals surface area contributed by atoms with Crippen molar-refractivity contribution in [3.05, 3.63) is 48.1 Å². The maximum absolute atomic E-state index is 14.4. The summed E-state index contributed by atoms with van der Waals surface area (Å²) in [7, 11) is 0. The second-order valence-corrected chi connectivity index (χ2v) is 5.74. The van der Waals surface area contributed by atoms with Gasteiger partial charge < -0.3 is 15.3 Å². The van der Waals surface area contributed by atoms with E-state index in [1.807, 2.05) is 0 Å². The van der Waals surface area contributed by atoms with E-state index in [9.17, 15) is 18.7 Å². The number of benzene rings is 1. The highest BCUT2D eigenvalue weighted by molar-refractivity contribution is 5.76. The molecule has 1 aliphatic heterocycles. The molecule has 0 saturated carbocycles. The fourth-order valence-corrected chi connectivity index (χ4v) is 2.96. The Morgan fingerprint density at radius 2 is 2.25 bits per heavy atom. The molecule has 9 heteroatoms. The van der Waals surface area contributed by atoms with Crippen LogP contribution < -0.4 is 5.32 Å². The van der Waals surface area contributed by atoms with Crippen molar-refractivity contribution in [1.29, 1.82) is 0 Å². The number of nitrogens with zero attached hydrogens (tertiary/aromatic N) is 4. The monoisotopic (exact) mass is 337 g/mol. The third kappa shape index (κ3) is 2.82. The number of urea groups is 1. The Morgan fingerprint density at radius 3 is 2.83 bits per heavy atom. The second-order valence-electron chi connectivity index (χ2n) is 5.74. The molecule has 3 rings (SSSR count). The number of amides is 2. The zero-order chi connectivity index (χ0) is 17.3. The highest BCUT2D eigenvalue weighted by Gasteiger charge is 2.44. The molecule has 2 amide bonds. The van der Waals surface area contributed by atoms with Crippen molar-refractivity contribution >= 4 is 6.03 Å².